The molecule has 0 unspecified atom stereocenters. The molecule has 5 nitrogen and oxygen atoms in total. The van der Waals surface area contributed by atoms with E-state index in [1.807, 2.05) is 30.3 Å². The summed E-state index contributed by atoms with van der Waals surface area (Å²) in [6.07, 6.45) is 0.715. The Morgan fingerprint density at radius 1 is 1.27 bits per heavy atom. The summed E-state index contributed by atoms with van der Waals surface area (Å²) in [5, 5.41) is 0. The first kappa shape index (κ1) is 16.7. The van der Waals surface area contributed by atoms with Crippen molar-refractivity contribution >= 4 is 28.6 Å². The molecule has 0 radical (unpaired) electrons. The number of methoxy groups -OCH3 is 1. The standard InChI is InChI=1S/C16H16IN2O3/c1-21-14-8-3-2-5-11(14)10-15(18)19-22-16(20)12-6-4-7-13(17)9-12/h2-9,19H,10,18H2,1H3/q-1. The third-order valence-electron chi connectivity index (χ3n) is 2.91. The summed E-state index contributed by atoms with van der Waals surface area (Å²) in [7, 11) is 1.60. The van der Waals surface area contributed by atoms with Gasteiger partial charge in [0.15, 0.2) is 0 Å². The Labute approximate surface area is 142 Å². The average Bonchev–Trinajstić information content (AvgIpc) is 2.53. The fraction of sp³-hybridized carbons (Fsp3) is 0.125. The van der Waals surface area contributed by atoms with Crippen LogP contribution >= 0.6 is 22.6 Å². The summed E-state index contributed by atoms with van der Waals surface area (Å²) < 4.78 is 6.21. The second-order valence-electron chi connectivity index (χ2n) is 4.52. The SMILES string of the molecule is COc1ccccc1C[C-](N)NOC(=O)c1cccc(I)c1. The number of nitrogens with one attached hydrogen (secondary N) is 1. The van der Waals surface area contributed by atoms with Gasteiger partial charge in [-0.05, 0) is 52.4 Å². The van der Waals surface area contributed by atoms with Gasteiger partial charge in [0.05, 0.1) is 12.7 Å². The molecule has 0 aliphatic rings. The molecule has 6 heteroatoms. The first-order valence-electron chi connectivity index (χ1n) is 6.56. The van der Waals surface area contributed by atoms with Crippen LogP contribution in [0.1, 0.15) is 15.9 Å². The monoisotopic (exact) mass is 411 g/mol. The minimum atomic E-state index is -0.485. The highest BCUT2D eigenvalue weighted by Gasteiger charge is 2.07. The van der Waals surface area contributed by atoms with Gasteiger partial charge in [-0.1, -0.05) is 24.3 Å². The van der Waals surface area contributed by atoms with Crippen molar-refractivity contribution in [1.29, 1.82) is 0 Å². The molecule has 0 aromatic heterocycles. The Morgan fingerprint density at radius 2 is 2.05 bits per heavy atom. The van der Waals surface area contributed by atoms with Gasteiger partial charge in [0, 0.05) is 3.57 Å². The zero-order valence-electron chi connectivity index (χ0n) is 12.0. The molecule has 0 fully saturated rings. The van der Waals surface area contributed by atoms with E-state index < -0.39 is 5.97 Å². The second-order valence-corrected chi connectivity index (χ2v) is 5.76. The number of hydrogen-bond acceptors (Lipinski definition) is 5. The van der Waals surface area contributed by atoms with E-state index in [1.54, 1.807) is 25.3 Å². The zero-order valence-corrected chi connectivity index (χ0v) is 14.2. The van der Waals surface area contributed by atoms with Crippen LogP contribution < -0.4 is 16.0 Å². The van der Waals surface area contributed by atoms with Crippen molar-refractivity contribution in [3.63, 3.8) is 0 Å². The van der Waals surface area contributed by atoms with E-state index in [0.29, 0.717) is 18.2 Å². The zero-order chi connectivity index (χ0) is 15.9. The lowest BCUT2D eigenvalue weighted by Crippen LogP contribution is -2.33. The van der Waals surface area contributed by atoms with E-state index in [9.17, 15) is 4.79 Å². The van der Waals surface area contributed by atoms with Gasteiger partial charge in [-0.3, -0.25) is 5.48 Å². The summed E-state index contributed by atoms with van der Waals surface area (Å²) in [5.41, 5.74) is 9.71. The molecule has 0 saturated carbocycles. The Kier molecular flexibility index (Phi) is 6.17. The normalized spacial score (nSPS) is 10.5. The average molecular weight is 411 g/mol. The number of ether oxygens (including phenoxy) is 1. The number of carbonyl (C=O) groups is 1. The van der Waals surface area contributed by atoms with Crippen LogP contribution in [0.15, 0.2) is 48.5 Å². The highest BCUT2D eigenvalue weighted by atomic mass is 127. The van der Waals surface area contributed by atoms with E-state index in [4.69, 9.17) is 15.3 Å². The fourth-order valence-electron chi connectivity index (χ4n) is 1.88. The maximum atomic E-state index is 11.9. The number of hydrogen-bond donors (Lipinski definition) is 2. The predicted molar refractivity (Wildman–Crippen MR) is 91.8 cm³/mol. The number of benzene rings is 2. The molecular formula is C16H16IN2O3-. The van der Waals surface area contributed by atoms with Crippen molar-refractivity contribution < 1.29 is 14.4 Å². The first-order chi connectivity index (χ1) is 10.6. The lowest BCUT2D eigenvalue weighted by molar-refractivity contribution is 0.0262. The number of para-hydroxylation sites is 1. The minimum absolute atomic E-state index is 0.323. The number of nitrogens with two attached hydrogens (primary N) is 1. The van der Waals surface area contributed by atoms with E-state index in [2.05, 4.69) is 28.1 Å². The van der Waals surface area contributed by atoms with E-state index >= 15 is 0 Å². The molecule has 116 valence electrons. The molecule has 0 atom stereocenters. The molecular weight excluding hydrogens is 395 g/mol. The summed E-state index contributed by atoms with van der Waals surface area (Å²) >= 11 is 2.13. The number of rotatable bonds is 6. The van der Waals surface area contributed by atoms with E-state index in [1.165, 1.54) is 0 Å². The molecule has 0 spiro atoms. The largest absolute Gasteiger partial charge is 0.497 e. The summed E-state index contributed by atoms with van der Waals surface area (Å²) in [6.45, 7) is 0. The van der Waals surface area contributed by atoms with Gasteiger partial charge < -0.3 is 15.3 Å². The Balaban J connectivity index is 1.90. The van der Waals surface area contributed by atoms with Crippen molar-refractivity contribution in [1.82, 2.24) is 5.48 Å². The van der Waals surface area contributed by atoms with Gasteiger partial charge in [0.25, 0.3) is 0 Å². The lowest BCUT2D eigenvalue weighted by Gasteiger charge is -2.26. The predicted octanol–water partition coefficient (Wildman–Crippen LogP) is 2.65. The Bertz CT molecular complexity index is 649. The number of carbonyl (C=O) groups excluding carboxylic acids is 1. The Hall–Kier alpha value is -1.64. The molecule has 0 saturated heterocycles. The third kappa shape index (κ3) is 4.69. The van der Waals surface area contributed by atoms with E-state index in [-0.39, 0.29) is 0 Å². The molecule has 22 heavy (non-hydrogen) atoms. The van der Waals surface area contributed by atoms with Gasteiger partial charge in [0.1, 0.15) is 5.75 Å². The topological polar surface area (TPSA) is 73.6 Å². The van der Waals surface area contributed by atoms with Crippen LogP contribution in [0.4, 0.5) is 0 Å². The number of hydroxylamine groups is 1. The summed E-state index contributed by atoms with van der Waals surface area (Å²) in [6, 6.07) is 14.6. The molecule has 0 aliphatic heterocycles. The van der Waals surface area contributed by atoms with Crippen molar-refractivity contribution in [3.05, 3.63) is 69.4 Å². The van der Waals surface area contributed by atoms with E-state index in [0.717, 1.165) is 14.9 Å². The molecule has 0 bridgehead atoms. The van der Waals surface area contributed by atoms with Crippen LogP contribution in [0.5, 0.6) is 5.75 Å². The van der Waals surface area contributed by atoms with Crippen LogP contribution in [-0.2, 0) is 11.3 Å². The van der Waals surface area contributed by atoms with Crippen molar-refractivity contribution in [2.75, 3.05) is 7.11 Å². The molecule has 0 amide bonds. The highest BCUT2D eigenvalue weighted by Crippen LogP contribution is 2.19. The van der Waals surface area contributed by atoms with Crippen LogP contribution in [0, 0.1) is 9.74 Å². The van der Waals surface area contributed by atoms with Crippen LogP contribution in [0.3, 0.4) is 0 Å². The van der Waals surface area contributed by atoms with Gasteiger partial charge in [-0.15, -0.1) is 6.42 Å². The lowest BCUT2D eigenvalue weighted by atomic mass is 10.1. The third-order valence-corrected chi connectivity index (χ3v) is 3.58. The van der Waals surface area contributed by atoms with Crippen molar-refractivity contribution in [2.24, 2.45) is 5.73 Å². The quantitative estimate of drug-likeness (QED) is 0.435. The Morgan fingerprint density at radius 3 is 2.77 bits per heavy atom. The molecule has 2 aromatic carbocycles. The van der Waals surface area contributed by atoms with Gasteiger partial charge in [-0.2, -0.15) is 6.17 Å². The highest BCUT2D eigenvalue weighted by molar-refractivity contribution is 14.1. The second kappa shape index (κ2) is 8.11. The number of halogens is 1. The van der Waals surface area contributed by atoms with Gasteiger partial charge in [-0.25, -0.2) is 4.79 Å². The molecule has 0 aliphatic carbocycles. The smallest absolute Gasteiger partial charge is 0.354 e. The van der Waals surface area contributed by atoms with Gasteiger partial charge in [0.2, 0.25) is 0 Å². The maximum Gasteiger partial charge on any atom is 0.354 e. The van der Waals surface area contributed by atoms with Crippen molar-refractivity contribution in [2.45, 2.75) is 6.42 Å². The first-order valence-corrected chi connectivity index (χ1v) is 7.64. The fourth-order valence-corrected chi connectivity index (χ4v) is 2.42. The molecule has 2 aromatic rings. The van der Waals surface area contributed by atoms with Crippen LogP contribution in [0.25, 0.3) is 0 Å². The van der Waals surface area contributed by atoms with Crippen LogP contribution in [0.2, 0.25) is 0 Å². The van der Waals surface area contributed by atoms with Crippen molar-refractivity contribution in [3.8, 4) is 5.75 Å². The molecule has 2 rings (SSSR count). The minimum Gasteiger partial charge on any atom is -0.497 e. The maximum absolute atomic E-state index is 11.9. The molecule has 3 N–H and O–H groups in total. The van der Waals surface area contributed by atoms with Gasteiger partial charge >= 0.3 is 5.97 Å². The summed E-state index contributed by atoms with van der Waals surface area (Å²) in [4.78, 5) is 16.9. The van der Waals surface area contributed by atoms with Crippen LogP contribution in [-0.4, -0.2) is 13.1 Å². The molecule has 0 heterocycles. The summed E-state index contributed by atoms with van der Waals surface area (Å²) in [5.74, 6) is 0.248.